The van der Waals surface area contributed by atoms with Crippen LogP contribution in [0.1, 0.15) is 226 Å². The number of rotatable bonds is 38. The summed E-state index contributed by atoms with van der Waals surface area (Å²) in [4.78, 5) is 27.1. The highest BCUT2D eigenvalue weighted by Gasteiger charge is 2.40. The molecule has 2 fully saturated rings. The van der Waals surface area contributed by atoms with Crippen molar-refractivity contribution in [2.75, 3.05) is 39.5 Å². The maximum atomic E-state index is 12.4. The molecule has 2 saturated heterocycles. The molecule has 0 N–H and O–H groups in total. The van der Waals surface area contributed by atoms with Crippen molar-refractivity contribution in [1.82, 2.24) is 4.90 Å². The SMILES string of the molecule is C=C=C=C=CC(CCCCC)CCOC(=O)CCCCCCCCCC1(CCCCCCCCCC(=O)OCCC(C)CCCCC)OCC(CCN2CCCCC2)O1. The predicted octanol–water partition coefficient (Wildman–Crippen LogP) is 13.9. The lowest BCUT2D eigenvalue weighted by atomic mass is 9.98. The van der Waals surface area contributed by atoms with Crippen molar-refractivity contribution >= 4 is 11.9 Å². The topological polar surface area (TPSA) is 74.3 Å². The molecule has 0 aromatic rings. The van der Waals surface area contributed by atoms with Crippen LogP contribution in [0.2, 0.25) is 0 Å². The van der Waals surface area contributed by atoms with Gasteiger partial charge in [0.1, 0.15) is 0 Å². The van der Waals surface area contributed by atoms with Gasteiger partial charge in [-0.25, -0.2) is 0 Å². The Morgan fingerprint density at radius 3 is 1.83 bits per heavy atom. The van der Waals surface area contributed by atoms with Crippen LogP contribution >= 0.6 is 0 Å². The number of hydrogen-bond donors (Lipinski definition) is 0. The molecule has 0 aromatic carbocycles. The zero-order chi connectivity index (χ0) is 42.5. The first-order valence-corrected chi connectivity index (χ1v) is 25.1. The van der Waals surface area contributed by atoms with Gasteiger partial charge in [0.15, 0.2) is 5.79 Å². The van der Waals surface area contributed by atoms with Crippen molar-refractivity contribution < 1.29 is 28.5 Å². The Morgan fingerprint density at radius 1 is 0.712 bits per heavy atom. The lowest BCUT2D eigenvalue weighted by molar-refractivity contribution is -0.180. The summed E-state index contributed by atoms with van der Waals surface area (Å²) >= 11 is 0. The van der Waals surface area contributed by atoms with E-state index < -0.39 is 5.79 Å². The summed E-state index contributed by atoms with van der Waals surface area (Å²) in [5.74, 6) is 0.493. The van der Waals surface area contributed by atoms with E-state index in [0.717, 1.165) is 90.2 Å². The van der Waals surface area contributed by atoms with Crippen molar-refractivity contribution in [2.24, 2.45) is 11.8 Å². The summed E-state index contributed by atoms with van der Waals surface area (Å²) in [7, 11) is 0. The smallest absolute Gasteiger partial charge is 0.305 e. The molecule has 2 aliphatic rings. The van der Waals surface area contributed by atoms with Crippen LogP contribution in [0.25, 0.3) is 0 Å². The van der Waals surface area contributed by atoms with E-state index in [1.165, 1.54) is 129 Å². The van der Waals surface area contributed by atoms with Gasteiger partial charge in [-0.2, -0.15) is 0 Å². The van der Waals surface area contributed by atoms with E-state index in [1.54, 1.807) is 0 Å². The van der Waals surface area contributed by atoms with Gasteiger partial charge in [0, 0.05) is 32.2 Å². The van der Waals surface area contributed by atoms with Crippen LogP contribution in [0, 0.1) is 11.8 Å². The Bertz CT molecular complexity index is 1160. The molecule has 0 amide bonds. The molecule has 0 bridgehead atoms. The molecule has 0 radical (unpaired) electrons. The van der Waals surface area contributed by atoms with E-state index in [2.05, 4.69) is 49.4 Å². The van der Waals surface area contributed by atoms with Crippen LogP contribution < -0.4 is 0 Å². The Labute approximate surface area is 363 Å². The zero-order valence-corrected chi connectivity index (χ0v) is 38.8. The zero-order valence-electron chi connectivity index (χ0n) is 38.8. The number of esters is 2. The van der Waals surface area contributed by atoms with Crippen LogP contribution in [0.4, 0.5) is 0 Å². The molecule has 0 aliphatic carbocycles. The van der Waals surface area contributed by atoms with Crippen LogP contribution in [-0.4, -0.2) is 68.2 Å². The molecule has 7 heteroatoms. The van der Waals surface area contributed by atoms with Gasteiger partial charge in [0.05, 0.1) is 25.9 Å². The van der Waals surface area contributed by atoms with Crippen LogP contribution in [-0.2, 0) is 28.5 Å². The standard InChI is InChI=1S/C52H91NO6/c1-5-8-22-31-47(4)37-44-56-50(54)34-25-17-13-11-15-19-27-39-52(58-46-49(59-52)36-43-53-41-29-21-30-42-53)40-28-20-16-12-14-18-26-35-51(55)57-45-38-48(32-23-9-6-2)33-24-10-7-3/h32,47-49H,2,5,7-8,10-22,24-31,33-46H2,1,3-4H3. The molecule has 2 rings (SSSR count). The van der Waals surface area contributed by atoms with Crippen molar-refractivity contribution in [3.63, 3.8) is 0 Å². The quantitative estimate of drug-likeness (QED) is 0.0349. The second kappa shape index (κ2) is 36.5. The number of unbranched alkanes of at least 4 members (excludes halogenated alkanes) is 16. The maximum Gasteiger partial charge on any atom is 0.305 e. The summed E-state index contributed by atoms with van der Waals surface area (Å²) in [5.41, 5.74) is 8.42. The van der Waals surface area contributed by atoms with Crippen LogP contribution in [0.15, 0.2) is 29.8 Å². The first-order valence-electron chi connectivity index (χ1n) is 25.1. The fourth-order valence-corrected chi connectivity index (χ4v) is 8.66. The van der Waals surface area contributed by atoms with Crippen molar-refractivity contribution in [3.8, 4) is 0 Å². The summed E-state index contributed by atoms with van der Waals surface area (Å²) in [6.07, 6.45) is 37.9. The Kier molecular flexibility index (Phi) is 32.9. The van der Waals surface area contributed by atoms with Gasteiger partial charge in [0.25, 0.3) is 0 Å². The third kappa shape index (κ3) is 28.9. The maximum absolute atomic E-state index is 12.4. The minimum absolute atomic E-state index is 0.0191. The Morgan fingerprint density at radius 2 is 1.25 bits per heavy atom. The Balaban J connectivity index is 1.59. The second-order valence-electron chi connectivity index (χ2n) is 18.1. The fourth-order valence-electron chi connectivity index (χ4n) is 8.66. The molecular weight excluding hydrogens is 735 g/mol. The number of carbonyl (C=O) groups is 2. The fraction of sp³-hybridized carbons (Fsp3) is 0.865. The Hall–Kier alpha value is -2.10. The van der Waals surface area contributed by atoms with Gasteiger partial charge in [-0.3, -0.25) is 9.59 Å². The highest BCUT2D eigenvalue weighted by atomic mass is 16.7. The first kappa shape index (κ1) is 53.0. The minimum atomic E-state index is -0.411. The molecular formula is C52H91NO6. The van der Waals surface area contributed by atoms with Gasteiger partial charge < -0.3 is 23.8 Å². The predicted molar refractivity (Wildman–Crippen MR) is 244 cm³/mol. The third-order valence-electron chi connectivity index (χ3n) is 12.6. The molecule has 0 aromatic heterocycles. The highest BCUT2D eigenvalue weighted by molar-refractivity contribution is 5.69. The van der Waals surface area contributed by atoms with Gasteiger partial charge >= 0.3 is 11.9 Å². The number of nitrogens with zero attached hydrogens (tertiary/aromatic N) is 1. The van der Waals surface area contributed by atoms with Gasteiger partial charge in [-0.15, -0.1) is 0 Å². The average Bonchev–Trinajstić information content (AvgIpc) is 3.65. The summed E-state index contributed by atoms with van der Waals surface area (Å²) in [6, 6.07) is 0. The van der Waals surface area contributed by atoms with E-state index in [1.807, 2.05) is 6.08 Å². The van der Waals surface area contributed by atoms with E-state index in [-0.39, 0.29) is 18.0 Å². The van der Waals surface area contributed by atoms with Crippen LogP contribution in [0.3, 0.4) is 0 Å². The lowest BCUT2D eigenvalue weighted by Gasteiger charge is -2.30. The average molecular weight is 826 g/mol. The molecule has 4 atom stereocenters. The number of likely N-dealkylation sites (tertiary alicyclic amines) is 1. The number of piperidine rings is 1. The second-order valence-corrected chi connectivity index (χ2v) is 18.1. The largest absolute Gasteiger partial charge is 0.466 e. The summed E-state index contributed by atoms with van der Waals surface area (Å²) < 4.78 is 24.4. The van der Waals surface area contributed by atoms with E-state index in [4.69, 9.17) is 18.9 Å². The summed E-state index contributed by atoms with van der Waals surface area (Å²) in [6.45, 7) is 15.6. The number of ether oxygens (including phenoxy) is 4. The molecule has 4 unspecified atom stereocenters. The molecule has 59 heavy (non-hydrogen) atoms. The molecule has 2 heterocycles. The van der Waals surface area contributed by atoms with Crippen molar-refractivity contribution in [1.29, 1.82) is 0 Å². The summed E-state index contributed by atoms with van der Waals surface area (Å²) in [5, 5.41) is 0. The van der Waals surface area contributed by atoms with E-state index in [9.17, 15) is 9.59 Å². The molecule has 340 valence electrons. The van der Waals surface area contributed by atoms with Gasteiger partial charge in [-0.05, 0) is 108 Å². The molecule has 0 spiro atoms. The monoisotopic (exact) mass is 826 g/mol. The normalized spacial score (nSPS) is 19.1. The van der Waals surface area contributed by atoms with Crippen molar-refractivity contribution in [2.45, 2.75) is 238 Å². The molecule has 2 aliphatic heterocycles. The van der Waals surface area contributed by atoms with Gasteiger partial charge in [-0.1, -0.05) is 148 Å². The number of allylic oxidation sites excluding steroid dienone is 1. The van der Waals surface area contributed by atoms with Gasteiger partial charge in [0.2, 0.25) is 0 Å². The number of hydrogen-bond acceptors (Lipinski definition) is 7. The van der Waals surface area contributed by atoms with E-state index >= 15 is 0 Å². The molecule has 0 saturated carbocycles. The minimum Gasteiger partial charge on any atom is -0.466 e. The first-order chi connectivity index (χ1) is 28.9. The van der Waals surface area contributed by atoms with Crippen molar-refractivity contribution in [3.05, 3.63) is 29.8 Å². The van der Waals surface area contributed by atoms with Crippen LogP contribution in [0.5, 0.6) is 0 Å². The third-order valence-corrected chi connectivity index (χ3v) is 12.6. The molecule has 7 nitrogen and oxygen atoms in total. The highest BCUT2D eigenvalue weighted by Crippen LogP contribution is 2.36. The number of carbonyl (C=O) groups excluding carboxylic acids is 2. The van der Waals surface area contributed by atoms with E-state index in [0.29, 0.717) is 37.9 Å². The lowest BCUT2D eigenvalue weighted by Crippen LogP contribution is -2.34.